The van der Waals surface area contributed by atoms with Crippen molar-refractivity contribution in [3.05, 3.63) is 41.4 Å². The minimum absolute atomic E-state index is 0.0883. The van der Waals surface area contributed by atoms with E-state index < -0.39 is 17.4 Å². The number of nitrogens with zero attached hydrogens (tertiary/aromatic N) is 1. The predicted octanol–water partition coefficient (Wildman–Crippen LogP) is 3.36. The van der Waals surface area contributed by atoms with Crippen LogP contribution in [0.2, 0.25) is 5.02 Å². The zero-order valence-electron chi connectivity index (χ0n) is 14.7. The molecule has 0 aliphatic carbocycles. The van der Waals surface area contributed by atoms with E-state index in [9.17, 15) is 9.59 Å². The third-order valence-corrected chi connectivity index (χ3v) is 5.75. The number of carbonyl (C=O) groups is 2. The van der Waals surface area contributed by atoms with Gasteiger partial charge >= 0.3 is 5.97 Å². The van der Waals surface area contributed by atoms with E-state index >= 15 is 0 Å². The van der Waals surface area contributed by atoms with Gasteiger partial charge in [0, 0.05) is 10.7 Å². The van der Waals surface area contributed by atoms with Crippen molar-refractivity contribution >= 4 is 29.2 Å². The Hall–Kier alpha value is -1.85. The summed E-state index contributed by atoms with van der Waals surface area (Å²) in [7, 11) is 0. The molecular weight excluding hydrogens is 354 g/mol. The summed E-state index contributed by atoms with van der Waals surface area (Å²) in [5.74, 6) is -1.50. The number of halogens is 1. The predicted molar refractivity (Wildman–Crippen MR) is 98.0 cm³/mol. The molecule has 3 heterocycles. The first-order valence-corrected chi connectivity index (χ1v) is 9.54. The first kappa shape index (κ1) is 17.6. The Bertz CT molecular complexity index is 747. The number of ether oxygens (including phenoxy) is 2. The summed E-state index contributed by atoms with van der Waals surface area (Å²) in [5, 5.41) is 0.615. The average Bonchev–Trinajstić information content (AvgIpc) is 3.28. The first-order chi connectivity index (χ1) is 12.6. The molecule has 0 saturated carbocycles. The summed E-state index contributed by atoms with van der Waals surface area (Å²) in [5.41, 5.74) is 0.0350. The molecule has 4 atom stereocenters. The largest absolute Gasteiger partial charge is 0.465 e. The number of amides is 1. The van der Waals surface area contributed by atoms with Gasteiger partial charge in [-0.05, 0) is 30.7 Å². The van der Waals surface area contributed by atoms with E-state index in [1.165, 1.54) is 0 Å². The normalized spacial score (nSPS) is 31.5. The molecule has 3 aliphatic rings. The van der Waals surface area contributed by atoms with E-state index in [-0.39, 0.29) is 18.0 Å². The summed E-state index contributed by atoms with van der Waals surface area (Å²) >= 11 is 5.95. The van der Waals surface area contributed by atoms with Crippen LogP contribution in [0, 0.1) is 11.8 Å². The lowest BCUT2D eigenvalue weighted by atomic mass is 9.77. The van der Waals surface area contributed by atoms with Gasteiger partial charge in [-0.2, -0.15) is 0 Å². The zero-order chi connectivity index (χ0) is 18.3. The minimum Gasteiger partial charge on any atom is -0.465 e. The number of rotatable bonds is 6. The summed E-state index contributed by atoms with van der Waals surface area (Å²) < 4.78 is 11.5. The summed E-state index contributed by atoms with van der Waals surface area (Å²) in [6.07, 6.45) is 6.40. The maximum atomic E-state index is 13.1. The van der Waals surface area contributed by atoms with E-state index in [1.54, 1.807) is 17.0 Å². The van der Waals surface area contributed by atoms with Crippen LogP contribution in [0.4, 0.5) is 5.69 Å². The maximum Gasteiger partial charge on any atom is 0.312 e. The molecule has 1 aromatic carbocycles. The fraction of sp³-hybridized carbons (Fsp3) is 0.500. The first-order valence-electron chi connectivity index (χ1n) is 9.16. The minimum atomic E-state index is -0.728. The Labute approximate surface area is 157 Å². The summed E-state index contributed by atoms with van der Waals surface area (Å²) in [4.78, 5) is 27.5. The van der Waals surface area contributed by atoms with Gasteiger partial charge in [-0.15, -0.1) is 0 Å². The number of carbonyl (C=O) groups excluding carboxylic acids is 2. The summed E-state index contributed by atoms with van der Waals surface area (Å²) in [6.45, 7) is 2.90. The number of anilines is 1. The number of unbranched alkanes of at least 4 members (excludes halogenated alkanes) is 2. The molecule has 0 aromatic heterocycles. The Morgan fingerprint density at radius 1 is 1.35 bits per heavy atom. The molecule has 0 unspecified atom stereocenters. The Balaban J connectivity index is 1.53. The number of benzene rings is 1. The maximum absolute atomic E-state index is 13.1. The lowest BCUT2D eigenvalue weighted by Crippen LogP contribution is -2.40. The molecule has 0 radical (unpaired) electrons. The van der Waals surface area contributed by atoms with Gasteiger partial charge in [-0.3, -0.25) is 9.59 Å². The van der Waals surface area contributed by atoms with Crippen molar-refractivity contribution in [2.75, 3.05) is 18.1 Å². The van der Waals surface area contributed by atoms with Gasteiger partial charge in [-0.25, -0.2) is 0 Å². The molecule has 6 heteroatoms. The molecule has 2 saturated heterocycles. The zero-order valence-corrected chi connectivity index (χ0v) is 15.4. The number of fused-ring (bicyclic) bond motifs is 1. The fourth-order valence-electron chi connectivity index (χ4n) is 4.23. The van der Waals surface area contributed by atoms with Crippen LogP contribution in [-0.4, -0.2) is 36.7 Å². The fourth-order valence-corrected chi connectivity index (χ4v) is 4.35. The van der Waals surface area contributed by atoms with Crippen LogP contribution in [0.5, 0.6) is 0 Å². The van der Waals surface area contributed by atoms with E-state index in [4.69, 9.17) is 21.1 Å². The van der Waals surface area contributed by atoms with Gasteiger partial charge in [-0.1, -0.05) is 43.5 Å². The van der Waals surface area contributed by atoms with Crippen molar-refractivity contribution in [3.63, 3.8) is 0 Å². The van der Waals surface area contributed by atoms with Crippen molar-refractivity contribution in [3.8, 4) is 0 Å². The number of hydrogen-bond donors (Lipinski definition) is 0. The SMILES string of the molecule is CCCCCOC(=O)[C@@H]1[C@H]2C=C[C@@]3(CN(c4ccc(Cl)cc4)C(=O)[C@@H]13)O2. The van der Waals surface area contributed by atoms with Crippen molar-refractivity contribution in [1.29, 1.82) is 0 Å². The van der Waals surface area contributed by atoms with Crippen molar-refractivity contribution in [2.45, 2.75) is 37.9 Å². The number of hydrogen-bond acceptors (Lipinski definition) is 4. The molecule has 1 spiro atoms. The molecule has 138 valence electrons. The Morgan fingerprint density at radius 2 is 2.12 bits per heavy atom. The monoisotopic (exact) mass is 375 g/mol. The van der Waals surface area contributed by atoms with Gasteiger partial charge in [0.05, 0.1) is 25.2 Å². The Kier molecular flexibility index (Phi) is 4.53. The molecule has 2 fully saturated rings. The highest BCUT2D eigenvalue weighted by molar-refractivity contribution is 6.30. The Morgan fingerprint density at radius 3 is 2.85 bits per heavy atom. The second-order valence-electron chi connectivity index (χ2n) is 7.18. The highest BCUT2D eigenvalue weighted by Gasteiger charge is 2.67. The quantitative estimate of drug-likeness (QED) is 0.434. The molecule has 2 bridgehead atoms. The van der Waals surface area contributed by atoms with Crippen LogP contribution in [0.1, 0.15) is 26.2 Å². The molecule has 3 aliphatic heterocycles. The lowest BCUT2D eigenvalue weighted by Gasteiger charge is -2.22. The van der Waals surface area contributed by atoms with E-state index in [1.807, 2.05) is 24.3 Å². The van der Waals surface area contributed by atoms with Crippen LogP contribution < -0.4 is 4.90 Å². The smallest absolute Gasteiger partial charge is 0.312 e. The van der Waals surface area contributed by atoms with Crippen molar-refractivity contribution < 1.29 is 19.1 Å². The summed E-state index contributed by atoms with van der Waals surface area (Å²) in [6, 6.07) is 7.13. The van der Waals surface area contributed by atoms with Gasteiger partial charge < -0.3 is 14.4 Å². The highest BCUT2D eigenvalue weighted by atomic mass is 35.5. The van der Waals surface area contributed by atoms with Gasteiger partial charge in [0.2, 0.25) is 5.91 Å². The van der Waals surface area contributed by atoms with Gasteiger partial charge in [0.1, 0.15) is 11.5 Å². The molecule has 1 aromatic rings. The molecule has 1 amide bonds. The second kappa shape index (κ2) is 6.71. The van der Waals surface area contributed by atoms with Crippen molar-refractivity contribution in [2.24, 2.45) is 11.8 Å². The van der Waals surface area contributed by atoms with Crippen LogP contribution in [0.15, 0.2) is 36.4 Å². The molecule has 4 rings (SSSR count). The van der Waals surface area contributed by atoms with Gasteiger partial charge in [0.15, 0.2) is 0 Å². The third kappa shape index (κ3) is 2.74. The second-order valence-corrected chi connectivity index (χ2v) is 7.61. The standard InChI is InChI=1S/C20H22ClNO4/c1-2-3-4-11-25-19(24)16-15-9-10-20(26-15)12-22(18(23)17(16)20)14-7-5-13(21)6-8-14/h5-10,15-17H,2-4,11-12H2,1H3/t15-,16-,17-,20+/m1/s1. The average molecular weight is 376 g/mol. The van der Waals surface area contributed by atoms with Crippen LogP contribution in [0.25, 0.3) is 0 Å². The topological polar surface area (TPSA) is 55.8 Å². The van der Waals surface area contributed by atoms with E-state index in [0.29, 0.717) is 18.2 Å². The molecule has 5 nitrogen and oxygen atoms in total. The van der Waals surface area contributed by atoms with Crippen LogP contribution >= 0.6 is 11.6 Å². The van der Waals surface area contributed by atoms with E-state index in [2.05, 4.69) is 6.92 Å². The number of esters is 1. The van der Waals surface area contributed by atoms with Crippen LogP contribution in [0.3, 0.4) is 0 Å². The molecule has 26 heavy (non-hydrogen) atoms. The molecular formula is C20H22ClNO4. The molecule has 0 N–H and O–H groups in total. The van der Waals surface area contributed by atoms with Crippen LogP contribution in [-0.2, 0) is 19.1 Å². The third-order valence-electron chi connectivity index (χ3n) is 5.50. The van der Waals surface area contributed by atoms with E-state index in [0.717, 1.165) is 24.9 Å². The van der Waals surface area contributed by atoms with Crippen molar-refractivity contribution in [1.82, 2.24) is 0 Å². The van der Waals surface area contributed by atoms with Gasteiger partial charge in [0.25, 0.3) is 0 Å². The highest BCUT2D eigenvalue weighted by Crippen LogP contribution is 2.52. The lowest BCUT2D eigenvalue weighted by molar-refractivity contribution is -0.152.